The Balaban J connectivity index is 1.61. The Morgan fingerprint density at radius 3 is 2.62 bits per heavy atom. The van der Waals surface area contributed by atoms with Crippen molar-refractivity contribution in [3.05, 3.63) is 29.3 Å². The first-order valence-electron chi connectivity index (χ1n) is 10.3. The lowest BCUT2D eigenvalue weighted by Gasteiger charge is -2.47. The van der Waals surface area contributed by atoms with E-state index in [0.717, 1.165) is 19.5 Å². The van der Waals surface area contributed by atoms with E-state index in [4.69, 9.17) is 9.15 Å². The summed E-state index contributed by atoms with van der Waals surface area (Å²) in [7, 11) is 0. The molecule has 3 aromatic rings. The van der Waals surface area contributed by atoms with E-state index >= 15 is 0 Å². The average molecular weight is 469 g/mol. The molecule has 6 rings (SSSR count). The monoisotopic (exact) mass is 468 g/mol. The smallest absolute Gasteiger partial charge is 0.411 e. The number of nitrogens with one attached hydrogen (secondary N) is 1. The number of aromatic nitrogens is 2. The molecule has 0 radical (unpaired) electrons. The van der Waals surface area contributed by atoms with Gasteiger partial charge in [0.2, 0.25) is 0 Å². The second-order valence-electron chi connectivity index (χ2n) is 8.87. The van der Waals surface area contributed by atoms with Crippen LogP contribution in [0.1, 0.15) is 31.9 Å². The SMILES string of the molecule is CC(C)(O)C(OCC(F)(F)F)c1ccc(-c2nccs2)c2oc(N3CC4CC(C3)N4)nc12. The molecule has 3 saturated heterocycles. The number of alkyl halides is 3. The van der Waals surface area contributed by atoms with Crippen LogP contribution in [0.2, 0.25) is 0 Å². The van der Waals surface area contributed by atoms with Gasteiger partial charge in [-0.05, 0) is 26.3 Å². The van der Waals surface area contributed by atoms with Crippen molar-refractivity contribution in [1.82, 2.24) is 15.3 Å². The maximum atomic E-state index is 12.9. The number of thiazole rings is 1. The highest BCUT2D eigenvalue weighted by atomic mass is 32.1. The Bertz CT molecular complexity index is 1090. The summed E-state index contributed by atoms with van der Waals surface area (Å²) in [5.41, 5.74) is 0.241. The number of halogens is 3. The van der Waals surface area contributed by atoms with Gasteiger partial charge in [-0.15, -0.1) is 11.3 Å². The van der Waals surface area contributed by atoms with Gasteiger partial charge in [0.1, 0.15) is 23.2 Å². The molecule has 3 aliphatic rings. The molecule has 3 atom stereocenters. The van der Waals surface area contributed by atoms with Gasteiger partial charge >= 0.3 is 6.18 Å². The van der Waals surface area contributed by atoms with E-state index in [9.17, 15) is 18.3 Å². The van der Waals surface area contributed by atoms with Crippen LogP contribution in [-0.2, 0) is 4.74 Å². The quantitative estimate of drug-likeness (QED) is 0.568. The van der Waals surface area contributed by atoms with Gasteiger partial charge in [-0.3, -0.25) is 0 Å². The maximum absolute atomic E-state index is 12.9. The second kappa shape index (κ2) is 7.68. The third-order valence-corrected chi connectivity index (χ3v) is 6.56. The van der Waals surface area contributed by atoms with Gasteiger partial charge < -0.3 is 24.5 Å². The maximum Gasteiger partial charge on any atom is 0.411 e. The number of nitrogens with zero attached hydrogens (tertiary/aromatic N) is 3. The number of piperazine rings is 1. The number of piperidine rings is 1. The molecule has 32 heavy (non-hydrogen) atoms. The fourth-order valence-corrected chi connectivity index (χ4v) is 5.07. The van der Waals surface area contributed by atoms with Crippen molar-refractivity contribution >= 4 is 28.5 Å². The lowest BCUT2D eigenvalue weighted by molar-refractivity contribution is -0.205. The molecule has 3 aliphatic heterocycles. The largest absolute Gasteiger partial charge is 0.423 e. The zero-order valence-corrected chi connectivity index (χ0v) is 18.3. The van der Waals surface area contributed by atoms with E-state index in [1.165, 1.54) is 25.2 Å². The number of aliphatic hydroxyl groups is 1. The Morgan fingerprint density at radius 1 is 1.31 bits per heavy atom. The summed E-state index contributed by atoms with van der Waals surface area (Å²) in [6.45, 7) is 2.83. The average Bonchev–Trinajstić information content (AvgIpc) is 3.36. The predicted octanol–water partition coefficient (Wildman–Crippen LogP) is 3.89. The van der Waals surface area contributed by atoms with Crippen molar-refractivity contribution in [2.45, 2.75) is 50.2 Å². The minimum Gasteiger partial charge on any atom is -0.423 e. The summed E-state index contributed by atoms with van der Waals surface area (Å²) < 4.78 is 50.1. The molecule has 0 amide bonds. The summed E-state index contributed by atoms with van der Waals surface area (Å²) in [4.78, 5) is 11.1. The first-order chi connectivity index (χ1) is 15.1. The normalized spacial score (nSPS) is 22.2. The van der Waals surface area contributed by atoms with Crippen molar-refractivity contribution in [2.75, 3.05) is 24.6 Å². The molecule has 2 bridgehead atoms. The van der Waals surface area contributed by atoms with Crippen molar-refractivity contribution in [2.24, 2.45) is 0 Å². The van der Waals surface area contributed by atoms with Gasteiger partial charge in [0.05, 0.1) is 11.2 Å². The Hall–Kier alpha value is -2.21. The summed E-state index contributed by atoms with van der Waals surface area (Å²) in [5, 5.41) is 16.7. The standard InChI is InChI=1S/C21H23F3N4O3S/c1-20(2,29)17(30-10-21(22,23)24)13-3-4-14(18-25-5-6-32-18)16-15(13)27-19(31-16)28-8-11-7-12(9-28)26-11/h3-6,11-12,17,26,29H,7-10H2,1-2H3. The van der Waals surface area contributed by atoms with Crippen molar-refractivity contribution < 1.29 is 27.4 Å². The van der Waals surface area contributed by atoms with Crippen LogP contribution in [0.25, 0.3) is 21.7 Å². The molecule has 0 aliphatic carbocycles. The summed E-state index contributed by atoms with van der Waals surface area (Å²) in [5.74, 6) is 0. The number of hydrogen-bond donors (Lipinski definition) is 2. The van der Waals surface area contributed by atoms with Crippen LogP contribution in [0, 0.1) is 0 Å². The van der Waals surface area contributed by atoms with Crippen LogP contribution >= 0.6 is 11.3 Å². The molecule has 0 saturated carbocycles. The van der Waals surface area contributed by atoms with Crippen LogP contribution in [0.15, 0.2) is 28.1 Å². The molecule has 172 valence electrons. The number of benzene rings is 1. The predicted molar refractivity (Wildman–Crippen MR) is 114 cm³/mol. The van der Waals surface area contributed by atoms with Crippen LogP contribution in [-0.4, -0.2) is 58.6 Å². The summed E-state index contributed by atoms with van der Waals surface area (Å²) in [6.07, 6.45) is -3.00. The highest BCUT2D eigenvalue weighted by Gasteiger charge is 2.40. The van der Waals surface area contributed by atoms with Crippen molar-refractivity contribution in [1.29, 1.82) is 0 Å². The fraction of sp³-hybridized carbons (Fsp3) is 0.524. The third kappa shape index (κ3) is 4.09. The molecule has 2 N–H and O–H groups in total. The Kier molecular flexibility index (Phi) is 5.19. The fourth-order valence-electron chi connectivity index (χ4n) is 4.41. The van der Waals surface area contributed by atoms with Gasteiger partial charge in [-0.2, -0.15) is 18.2 Å². The first-order valence-corrected chi connectivity index (χ1v) is 11.2. The van der Waals surface area contributed by atoms with Crippen molar-refractivity contribution in [3.63, 3.8) is 0 Å². The van der Waals surface area contributed by atoms with Crippen LogP contribution in [0.3, 0.4) is 0 Å². The zero-order valence-electron chi connectivity index (χ0n) is 17.5. The van der Waals surface area contributed by atoms with E-state index in [1.54, 1.807) is 18.3 Å². The molecule has 11 heteroatoms. The second-order valence-corrected chi connectivity index (χ2v) is 9.77. The Morgan fingerprint density at radius 2 is 2.03 bits per heavy atom. The molecule has 3 unspecified atom stereocenters. The molecule has 1 aromatic carbocycles. The van der Waals surface area contributed by atoms with Gasteiger partial charge in [0.25, 0.3) is 6.01 Å². The van der Waals surface area contributed by atoms with Crippen LogP contribution < -0.4 is 10.2 Å². The van der Waals surface area contributed by atoms with Gasteiger partial charge in [-0.1, -0.05) is 6.07 Å². The molecule has 5 heterocycles. The molecule has 3 fully saturated rings. The van der Waals surface area contributed by atoms with E-state index in [2.05, 4.69) is 15.3 Å². The lowest BCUT2D eigenvalue weighted by Crippen LogP contribution is -2.67. The third-order valence-electron chi connectivity index (χ3n) is 5.76. The van der Waals surface area contributed by atoms with E-state index in [0.29, 0.717) is 45.3 Å². The minimum atomic E-state index is -4.53. The van der Waals surface area contributed by atoms with Gasteiger partial charge in [0, 0.05) is 42.3 Å². The number of anilines is 1. The number of ether oxygens (including phenoxy) is 1. The molecular formula is C21H23F3N4O3S. The van der Waals surface area contributed by atoms with Crippen LogP contribution in [0.4, 0.5) is 19.2 Å². The lowest BCUT2D eigenvalue weighted by atomic mass is 9.92. The summed E-state index contributed by atoms with van der Waals surface area (Å²) in [6, 6.07) is 4.53. The molecule has 0 spiro atoms. The summed E-state index contributed by atoms with van der Waals surface area (Å²) >= 11 is 1.42. The molecule has 2 aromatic heterocycles. The molecule has 7 nitrogen and oxygen atoms in total. The van der Waals surface area contributed by atoms with Crippen LogP contribution in [0.5, 0.6) is 0 Å². The minimum absolute atomic E-state index is 0.340. The number of rotatable bonds is 6. The number of oxazole rings is 1. The van der Waals surface area contributed by atoms with E-state index < -0.39 is 24.5 Å². The highest BCUT2D eigenvalue weighted by molar-refractivity contribution is 7.13. The number of hydrogen-bond acceptors (Lipinski definition) is 8. The zero-order chi connectivity index (χ0) is 22.7. The topological polar surface area (TPSA) is 83.7 Å². The van der Waals surface area contributed by atoms with E-state index in [1.807, 2.05) is 10.3 Å². The van der Waals surface area contributed by atoms with Crippen molar-refractivity contribution in [3.8, 4) is 10.6 Å². The van der Waals surface area contributed by atoms with E-state index in [-0.39, 0.29) is 0 Å². The van der Waals surface area contributed by atoms with Gasteiger partial charge in [-0.25, -0.2) is 4.98 Å². The number of fused-ring (bicyclic) bond motifs is 3. The highest BCUT2D eigenvalue weighted by Crippen LogP contribution is 2.41. The van der Waals surface area contributed by atoms with Gasteiger partial charge in [0.15, 0.2) is 5.58 Å². The molecular weight excluding hydrogens is 445 g/mol. The Labute approximate surface area is 186 Å². The first kappa shape index (κ1) is 21.6.